The molecule has 1 fully saturated rings. The normalized spacial score (nSPS) is 16.9. The van der Waals surface area contributed by atoms with Crippen LogP contribution in [-0.2, 0) is 0 Å². The predicted octanol–water partition coefficient (Wildman–Crippen LogP) is 3.61. The van der Waals surface area contributed by atoms with E-state index in [-0.39, 0.29) is 5.78 Å². The van der Waals surface area contributed by atoms with Gasteiger partial charge in [0.05, 0.1) is 0 Å². The number of halogens is 1. The highest BCUT2D eigenvalue weighted by Gasteiger charge is 2.20. The van der Waals surface area contributed by atoms with Crippen molar-refractivity contribution in [2.75, 3.05) is 0 Å². The van der Waals surface area contributed by atoms with Gasteiger partial charge >= 0.3 is 0 Å². The second kappa shape index (κ2) is 4.88. The third-order valence-electron chi connectivity index (χ3n) is 2.97. The number of nitrogens with zero attached hydrogens (tertiary/aromatic N) is 1. The summed E-state index contributed by atoms with van der Waals surface area (Å²) in [7, 11) is 0. The van der Waals surface area contributed by atoms with E-state index in [0.717, 1.165) is 4.47 Å². The van der Waals surface area contributed by atoms with Crippen molar-refractivity contribution in [3.05, 3.63) is 28.5 Å². The molecule has 0 amide bonds. The zero-order chi connectivity index (χ0) is 10.7. The van der Waals surface area contributed by atoms with E-state index in [1.807, 2.05) is 12.1 Å². The number of rotatable bonds is 3. The fourth-order valence-electron chi connectivity index (χ4n) is 2.16. The monoisotopic (exact) mass is 267 g/mol. The van der Waals surface area contributed by atoms with Gasteiger partial charge in [-0.25, -0.2) is 0 Å². The van der Waals surface area contributed by atoms with Crippen LogP contribution in [0.2, 0.25) is 0 Å². The molecule has 1 saturated carbocycles. The van der Waals surface area contributed by atoms with Crippen LogP contribution in [0.15, 0.2) is 22.8 Å². The van der Waals surface area contributed by atoms with Crippen LogP contribution in [0.4, 0.5) is 0 Å². The number of aromatic nitrogens is 1. The lowest BCUT2D eigenvalue weighted by molar-refractivity contribution is 0.0956. The van der Waals surface area contributed by atoms with Crippen LogP contribution < -0.4 is 0 Å². The first-order chi connectivity index (χ1) is 7.27. The summed E-state index contributed by atoms with van der Waals surface area (Å²) in [6.07, 6.45) is 7.30. The number of carbonyl (C=O) groups excluding carboxylic acids is 1. The molecule has 80 valence electrons. The molecule has 0 aliphatic heterocycles. The van der Waals surface area contributed by atoms with Gasteiger partial charge in [-0.1, -0.05) is 25.7 Å². The van der Waals surface area contributed by atoms with Crippen LogP contribution in [0.1, 0.15) is 42.6 Å². The van der Waals surface area contributed by atoms with E-state index in [0.29, 0.717) is 18.0 Å². The number of ketones is 1. The van der Waals surface area contributed by atoms with Crippen molar-refractivity contribution in [1.82, 2.24) is 4.98 Å². The smallest absolute Gasteiger partial charge is 0.182 e. The van der Waals surface area contributed by atoms with Gasteiger partial charge in [-0.3, -0.25) is 9.78 Å². The molecule has 1 aliphatic rings. The summed E-state index contributed by atoms with van der Waals surface area (Å²) in [6.45, 7) is 0. The fraction of sp³-hybridized carbons (Fsp3) is 0.500. The fourth-order valence-corrected chi connectivity index (χ4v) is 2.64. The number of hydrogen-bond donors (Lipinski definition) is 0. The number of Topliss-reactive ketones (excluding diaryl/α,β-unsaturated/α-hetero) is 1. The largest absolute Gasteiger partial charge is 0.292 e. The Morgan fingerprint density at radius 3 is 2.87 bits per heavy atom. The Balaban J connectivity index is 2.04. The highest BCUT2D eigenvalue weighted by atomic mass is 79.9. The molecule has 1 aromatic rings. The minimum Gasteiger partial charge on any atom is -0.292 e. The van der Waals surface area contributed by atoms with Crippen molar-refractivity contribution < 1.29 is 4.79 Å². The molecule has 2 nitrogen and oxygen atoms in total. The summed E-state index contributed by atoms with van der Waals surface area (Å²) in [5.41, 5.74) is 0.587. The average Bonchev–Trinajstić information content (AvgIpc) is 2.71. The van der Waals surface area contributed by atoms with E-state index >= 15 is 0 Å². The van der Waals surface area contributed by atoms with E-state index in [2.05, 4.69) is 20.9 Å². The van der Waals surface area contributed by atoms with Crippen molar-refractivity contribution in [2.45, 2.75) is 32.1 Å². The molecular weight excluding hydrogens is 254 g/mol. The van der Waals surface area contributed by atoms with Gasteiger partial charge in [-0.15, -0.1) is 0 Å². The Kier molecular flexibility index (Phi) is 3.52. The van der Waals surface area contributed by atoms with Gasteiger partial charge in [0.15, 0.2) is 5.78 Å². The molecule has 0 aromatic carbocycles. The van der Waals surface area contributed by atoms with Gasteiger partial charge < -0.3 is 0 Å². The molecule has 0 atom stereocenters. The van der Waals surface area contributed by atoms with Crippen molar-refractivity contribution in [3.8, 4) is 0 Å². The molecule has 1 aromatic heterocycles. The van der Waals surface area contributed by atoms with Gasteiger partial charge in [-0.05, 0) is 34.0 Å². The SMILES string of the molecule is O=C(CC1CCCC1)c1ncccc1Br. The van der Waals surface area contributed by atoms with E-state index in [4.69, 9.17) is 0 Å². The quantitative estimate of drug-likeness (QED) is 0.784. The summed E-state index contributed by atoms with van der Waals surface area (Å²) in [5.74, 6) is 0.765. The first-order valence-corrected chi connectivity index (χ1v) is 6.20. The molecule has 1 aliphatic carbocycles. The lowest BCUT2D eigenvalue weighted by Gasteiger charge is -2.07. The molecular formula is C12H14BrNO. The average molecular weight is 268 g/mol. The van der Waals surface area contributed by atoms with E-state index < -0.39 is 0 Å². The van der Waals surface area contributed by atoms with Crippen molar-refractivity contribution in [2.24, 2.45) is 5.92 Å². The van der Waals surface area contributed by atoms with Crippen molar-refractivity contribution in [1.29, 1.82) is 0 Å². The van der Waals surface area contributed by atoms with Crippen LogP contribution >= 0.6 is 15.9 Å². The van der Waals surface area contributed by atoms with Crippen LogP contribution in [-0.4, -0.2) is 10.8 Å². The van der Waals surface area contributed by atoms with Crippen molar-refractivity contribution >= 4 is 21.7 Å². The Labute approximate surface area is 98.2 Å². The zero-order valence-corrected chi connectivity index (χ0v) is 10.2. The van der Waals surface area contributed by atoms with Crippen LogP contribution in [0.25, 0.3) is 0 Å². The van der Waals surface area contributed by atoms with Gasteiger partial charge in [0, 0.05) is 17.1 Å². The lowest BCUT2D eigenvalue weighted by atomic mass is 9.99. The Morgan fingerprint density at radius 2 is 2.20 bits per heavy atom. The van der Waals surface area contributed by atoms with Crippen molar-refractivity contribution in [3.63, 3.8) is 0 Å². The molecule has 3 heteroatoms. The minimum absolute atomic E-state index is 0.175. The Morgan fingerprint density at radius 1 is 1.47 bits per heavy atom. The maximum Gasteiger partial charge on any atom is 0.182 e. The van der Waals surface area contributed by atoms with E-state index in [1.165, 1.54) is 25.7 Å². The Bertz CT molecular complexity index is 358. The molecule has 0 bridgehead atoms. The molecule has 0 saturated heterocycles. The van der Waals surface area contributed by atoms with Gasteiger partial charge in [0.1, 0.15) is 5.69 Å². The number of pyridine rings is 1. The number of carbonyl (C=O) groups is 1. The summed E-state index contributed by atoms with van der Waals surface area (Å²) in [6, 6.07) is 3.70. The summed E-state index contributed by atoms with van der Waals surface area (Å²) >= 11 is 3.36. The third kappa shape index (κ3) is 2.65. The molecule has 15 heavy (non-hydrogen) atoms. The Hall–Kier alpha value is -0.700. The molecule has 0 unspecified atom stereocenters. The molecule has 2 rings (SSSR count). The summed E-state index contributed by atoms with van der Waals surface area (Å²) < 4.78 is 0.813. The first-order valence-electron chi connectivity index (χ1n) is 5.41. The van der Waals surface area contributed by atoms with Crippen LogP contribution in [0, 0.1) is 5.92 Å². The topological polar surface area (TPSA) is 30.0 Å². The van der Waals surface area contributed by atoms with E-state index in [9.17, 15) is 4.79 Å². The van der Waals surface area contributed by atoms with Gasteiger partial charge in [-0.2, -0.15) is 0 Å². The predicted molar refractivity (Wildman–Crippen MR) is 62.8 cm³/mol. The zero-order valence-electron chi connectivity index (χ0n) is 8.58. The van der Waals surface area contributed by atoms with Crippen LogP contribution in [0.3, 0.4) is 0 Å². The molecule has 1 heterocycles. The van der Waals surface area contributed by atoms with E-state index in [1.54, 1.807) is 6.20 Å². The van der Waals surface area contributed by atoms with Crippen LogP contribution in [0.5, 0.6) is 0 Å². The standard InChI is InChI=1S/C12H14BrNO/c13-10-6-3-7-14-12(10)11(15)8-9-4-1-2-5-9/h3,6-7,9H,1-2,4-5,8H2. The number of hydrogen-bond acceptors (Lipinski definition) is 2. The maximum atomic E-state index is 11.9. The van der Waals surface area contributed by atoms with Gasteiger partial charge in [0.25, 0.3) is 0 Å². The maximum absolute atomic E-state index is 11.9. The lowest BCUT2D eigenvalue weighted by Crippen LogP contribution is -2.08. The molecule has 0 radical (unpaired) electrons. The second-order valence-corrected chi connectivity index (χ2v) is 4.97. The summed E-state index contributed by atoms with van der Waals surface area (Å²) in [4.78, 5) is 16.1. The minimum atomic E-state index is 0.175. The van der Waals surface area contributed by atoms with Gasteiger partial charge in [0.2, 0.25) is 0 Å². The molecule has 0 N–H and O–H groups in total. The first kappa shape index (κ1) is 10.8. The second-order valence-electron chi connectivity index (χ2n) is 4.11. The summed E-state index contributed by atoms with van der Waals surface area (Å²) in [5, 5.41) is 0. The molecule has 0 spiro atoms. The highest BCUT2D eigenvalue weighted by Crippen LogP contribution is 2.29. The highest BCUT2D eigenvalue weighted by molar-refractivity contribution is 9.10. The third-order valence-corrected chi connectivity index (χ3v) is 3.61.